The van der Waals surface area contributed by atoms with E-state index >= 15 is 0 Å². The number of rotatable bonds is 4. The molecule has 0 bridgehead atoms. The number of nitrogens with one attached hydrogen (secondary N) is 1. The van der Waals surface area contributed by atoms with Crippen molar-refractivity contribution in [2.75, 3.05) is 0 Å². The zero-order chi connectivity index (χ0) is 16.5. The number of hydrogen-bond donors (Lipinski definition) is 1. The van der Waals surface area contributed by atoms with Gasteiger partial charge in [-0.2, -0.15) is 5.10 Å². The van der Waals surface area contributed by atoms with Crippen LogP contribution in [0.25, 0.3) is 5.65 Å². The van der Waals surface area contributed by atoms with Gasteiger partial charge in [0.2, 0.25) is 0 Å². The van der Waals surface area contributed by atoms with Gasteiger partial charge in [0.15, 0.2) is 5.82 Å². The van der Waals surface area contributed by atoms with Gasteiger partial charge in [-0.25, -0.2) is 14.6 Å². The van der Waals surface area contributed by atoms with Crippen molar-refractivity contribution >= 4 is 5.65 Å². The summed E-state index contributed by atoms with van der Waals surface area (Å²) in [6, 6.07) is 7.48. The highest BCUT2D eigenvalue weighted by atomic mass is 16.1. The second-order valence-corrected chi connectivity index (χ2v) is 6.11. The van der Waals surface area contributed by atoms with Crippen LogP contribution < -0.4 is 10.9 Å². The lowest BCUT2D eigenvalue weighted by Crippen LogP contribution is -2.37. The molecule has 1 aliphatic rings. The van der Waals surface area contributed by atoms with E-state index in [1.807, 2.05) is 22.9 Å². The highest BCUT2D eigenvalue weighted by Crippen LogP contribution is 2.13. The second kappa shape index (κ2) is 6.16. The maximum absolute atomic E-state index is 12.1. The van der Waals surface area contributed by atoms with Gasteiger partial charge in [0.25, 0.3) is 5.56 Å². The van der Waals surface area contributed by atoms with E-state index in [1.54, 1.807) is 16.7 Å². The van der Waals surface area contributed by atoms with Crippen molar-refractivity contribution in [3.63, 3.8) is 0 Å². The van der Waals surface area contributed by atoms with Crippen molar-refractivity contribution in [2.45, 2.75) is 45.3 Å². The Bertz CT molecular complexity index is 928. The molecule has 0 aliphatic carbocycles. The van der Waals surface area contributed by atoms with Gasteiger partial charge < -0.3 is 5.32 Å². The van der Waals surface area contributed by atoms with E-state index in [-0.39, 0.29) is 5.56 Å². The summed E-state index contributed by atoms with van der Waals surface area (Å²) >= 11 is 0. The zero-order valence-corrected chi connectivity index (χ0v) is 13.6. The third-order valence-electron chi connectivity index (χ3n) is 4.41. The quantitative estimate of drug-likeness (QED) is 0.773. The molecule has 0 spiro atoms. The molecular weight excluding hydrogens is 304 g/mol. The zero-order valence-electron chi connectivity index (χ0n) is 13.6. The molecule has 1 unspecified atom stereocenters. The fraction of sp³-hybridized carbons (Fsp3) is 0.412. The van der Waals surface area contributed by atoms with E-state index in [1.165, 1.54) is 0 Å². The van der Waals surface area contributed by atoms with Crippen LogP contribution in [0, 0.1) is 0 Å². The van der Waals surface area contributed by atoms with E-state index in [2.05, 4.69) is 27.3 Å². The summed E-state index contributed by atoms with van der Waals surface area (Å²) in [5.41, 5.74) is 1.40. The van der Waals surface area contributed by atoms with Gasteiger partial charge in [-0.15, -0.1) is 0 Å². The average Bonchev–Trinajstić information content (AvgIpc) is 3.02. The van der Waals surface area contributed by atoms with Gasteiger partial charge in [0, 0.05) is 37.7 Å². The minimum Gasteiger partial charge on any atom is -0.307 e. The minimum atomic E-state index is -0.0489. The Kier molecular flexibility index (Phi) is 3.86. The fourth-order valence-corrected chi connectivity index (χ4v) is 3.12. The maximum Gasteiger partial charge on any atom is 0.258 e. The van der Waals surface area contributed by atoms with Gasteiger partial charge in [0.1, 0.15) is 11.5 Å². The molecule has 4 heterocycles. The third kappa shape index (κ3) is 2.82. The average molecular weight is 324 g/mol. The van der Waals surface area contributed by atoms with Crippen LogP contribution in [-0.2, 0) is 25.9 Å². The molecule has 0 fully saturated rings. The first-order valence-corrected chi connectivity index (χ1v) is 8.36. The van der Waals surface area contributed by atoms with E-state index in [9.17, 15) is 4.79 Å². The maximum atomic E-state index is 12.1. The van der Waals surface area contributed by atoms with Crippen LogP contribution >= 0.6 is 0 Å². The lowest BCUT2D eigenvalue weighted by molar-refractivity contribution is 0.356. The first-order valence-electron chi connectivity index (χ1n) is 8.36. The molecule has 0 radical (unpaired) electrons. The van der Waals surface area contributed by atoms with Crippen LogP contribution in [0.15, 0.2) is 35.3 Å². The molecule has 1 aliphatic heterocycles. The van der Waals surface area contributed by atoms with Crippen LogP contribution in [0.2, 0.25) is 0 Å². The summed E-state index contributed by atoms with van der Waals surface area (Å²) in [5.74, 6) is 1.99. The Morgan fingerprint density at radius 2 is 2.25 bits per heavy atom. The number of aryl methyl sites for hydroxylation is 2. The molecule has 1 N–H and O–H groups in total. The van der Waals surface area contributed by atoms with Crippen molar-refractivity contribution in [3.05, 3.63) is 58.2 Å². The van der Waals surface area contributed by atoms with Gasteiger partial charge in [-0.3, -0.25) is 9.20 Å². The topological polar surface area (TPSA) is 77.1 Å². The minimum absolute atomic E-state index is 0.0489. The van der Waals surface area contributed by atoms with Gasteiger partial charge in [-0.05, 0) is 18.6 Å². The number of nitrogens with zero attached hydrogens (tertiary/aromatic N) is 5. The van der Waals surface area contributed by atoms with E-state index in [0.717, 1.165) is 43.1 Å². The van der Waals surface area contributed by atoms with Gasteiger partial charge >= 0.3 is 0 Å². The summed E-state index contributed by atoms with van der Waals surface area (Å²) in [6.45, 7) is 3.46. The van der Waals surface area contributed by atoms with Gasteiger partial charge in [-0.1, -0.05) is 13.0 Å². The predicted octanol–water partition coefficient (Wildman–Crippen LogP) is 0.953. The molecule has 24 heavy (non-hydrogen) atoms. The lowest BCUT2D eigenvalue weighted by Gasteiger charge is -2.23. The SMILES string of the molecule is CCc1nc2n(n1)CC(NCc1cc(=O)n3ccccc3n1)CC2. The smallest absolute Gasteiger partial charge is 0.258 e. The molecule has 0 saturated carbocycles. The molecule has 124 valence electrons. The Morgan fingerprint density at radius 1 is 1.33 bits per heavy atom. The fourth-order valence-electron chi connectivity index (χ4n) is 3.12. The normalized spacial score (nSPS) is 17.1. The molecule has 0 amide bonds. The number of fused-ring (bicyclic) bond motifs is 2. The summed E-state index contributed by atoms with van der Waals surface area (Å²) in [7, 11) is 0. The van der Waals surface area contributed by atoms with Crippen LogP contribution in [-0.4, -0.2) is 30.2 Å². The molecule has 3 aromatic heterocycles. The first-order chi connectivity index (χ1) is 11.7. The molecule has 0 saturated heterocycles. The molecule has 1 atom stereocenters. The molecule has 7 nitrogen and oxygen atoms in total. The van der Waals surface area contributed by atoms with Gasteiger partial charge in [0.05, 0.1) is 12.2 Å². The highest BCUT2D eigenvalue weighted by molar-refractivity contribution is 5.37. The van der Waals surface area contributed by atoms with Crippen molar-refractivity contribution in [3.8, 4) is 0 Å². The molecule has 4 rings (SSSR count). The predicted molar refractivity (Wildman–Crippen MR) is 89.8 cm³/mol. The van der Waals surface area contributed by atoms with Crippen molar-refractivity contribution < 1.29 is 0 Å². The summed E-state index contributed by atoms with van der Waals surface area (Å²) in [6.07, 6.45) is 4.55. The Labute approximate surface area is 139 Å². The third-order valence-corrected chi connectivity index (χ3v) is 4.41. The Morgan fingerprint density at radius 3 is 3.12 bits per heavy atom. The van der Waals surface area contributed by atoms with Crippen LogP contribution in [0.1, 0.15) is 30.7 Å². The molecule has 7 heteroatoms. The summed E-state index contributed by atoms with van der Waals surface area (Å²) in [4.78, 5) is 21.2. The largest absolute Gasteiger partial charge is 0.307 e. The van der Waals surface area contributed by atoms with Crippen LogP contribution in [0.5, 0.6) is 0 Å². The number of hydrogen-bond acceptors (Lipinski definition) is 5. The standard InChI is InChI=1S/C17H20N6O/c1-2-14-20-16-7-6-12(11-23(16)21-14)18-10-13-9-17(24)22-8-4-3-5-15(22)19-13/h3-5,8-9,12,18H,2,6-7,10-11H2,1H3. The molecular formula is C17H20N6O. The monoisotopic (exact) mass is 324 g/mol. The van der Waals surface area contributed by atoms with Crippen LogP contribution in [0.4, 0.5) is 0 Å². The van der Waals surface area contributed by atoms with Crippen molar-refractivity contribution in [1.82, 2.24) is 29.5 Å². The number of pyridine rings is 1. The van der Waals surface area contributed by atoms with E-state index in [0.29, 0.717) is 18.2 Å². The summed E-state index contributed by atoms with van der Waals surface area (Å²) in [5, 5.41) is 8.02. The molecule has 0 aromatic carbocycles. The Hall–Kier alpha value is -2.54. The van der Waals surface area contributed by atoms with E-state index in [4.69, 9.17) is 0 Å². The second-order valence-electron chi connectivity index (χ2n) is 6.11. The van der Waals surface area contributed by atoms with Crippen LogP contribution in [0.3, 0.4) is 0 Å². The highest BCUT2D eigenvalue weighted by Gasteiger charge is 2.21. The summed E-state index contributed by atoms with van der Waals surface area (Å²) < 4.78 is 3.56. The first kappa shape index (κ1) is 15.0. The van der Waals surface area contributed by atoms with E-state index < -0.39 is 0 Å². The lowest BCUT2D eigenvalue weighted by atomic mass is 10.1. The molecule has 3 aromatic rings. The number of aromatic nitrogens is 5. The Balaban J connectivity index is 1.47. The van der Waals surface area contributed by atoms with Crippen molar-refractivity contribution in [2.24, 2.45) is 0 Å². The van der Waals surface area contributed by atoms with Crippen molar-refractivity contribution in [1.29, 1.82) is 0 Å².